The number of carbonyl (C=O) groups is 5. The topological polar surface area (TPSA) is 187 Å². The molecule has 3 aliphatic rings. The molecule has 0 bridgehead atoms. The van der Waals surface area contributed by atoms with Gasteiger partial charge in [0.1, 0.15) is 5.75 Å². The van der Waals surface area contributed by atoms with Gasteiger partial charge in [-0.25, -0.2) is 0 Å². The van der Waals surface area contributed by atoms with Crippen LogP contribution in [0.15, 0.2) is 12.1 Å². The normalized spacial score (nSPS) is 35.6. The van der Waals surface area contributed by atoms with Gasteiger partial charge >= 0.3 is 0 Å². The van der Waals surface area contributed by atoms with E-state index in [1.165, 1.54) is 19.2 Å². The Morgan fingerprint density at radius 2 is 1.88 bits per heavy atom. The molecule has 1 aromatic carbocycles. The third-order valence-corrected chi connectivity index (χ3v) is 7.71. The van der Waals surface area contributed by atoms with E-state index in [9.17, 15) is 34.2 Å². The highest BCUT2D eigenvalue weighted by molar-refractivity contribution is 6.32. The number of aliphatic hydroxyl groups is 1. The number of Topliss-reactive ketones (excluding diaryl/α,β-unsaturated/α-hetero) is 4. The lowest BCUT2D eigenvalue weighted by Crippen LogP contribution is -2.73. The van der Waals surface area contributed by atoms with Crippen LogP contribution in [0.3, 0.4) is 0 Å². The van der Waals surface area contributed by atoms with Crippen LogP contribution in [0.1, 0.15) is 35.7 Å². The van der Waals surface area contributed by atoms with Crippen LogP contribution in [0.5, 0.6) is 5.75 Å². The van der Waals surface area contributed by atoms with Gasteiger partial charge in [0.15, 0.2) is 34.7 Å². The van der Waals surface area contributed by atoms with Crippen molar-refractivity contribution in [2.75, 3.05) is 19.5 Å². The van der Waals surface area contributed by atoms with Crippen molar-refractivity contribution in [3.05, 3.63) is 23.3 Å². The zero-order valence-electron chi connectivity index (χ0n) is 18.3. The quantitative estimate of drug-likeness (QED) is 0.263. The van der Waals surface area contributed by atoms with Gasteiger partial charge < -0.3 is 26.4 Å². The van der Waals surface area contributed by atoms with E-state index in [-0.39, 0.29) is 42.9 Å². The Labute approximate surface area is 189 Å². The molecule has 6 atom stereocenters. The third-order valence-electron chi connectivity index (χ3n) is 7.71. The summed E-state index contributed by atoms with van der Waals surface area (Å²) in [5.74, 6) is -11.2. The molecule has 1 aromatic rings. The first-order valence-corrected chi connectivity index (χ1v) is 10.7. The number of fused-ring (bicyclic) bond motifs is 3. The summed E-state index contributed by atoms with van der Waals surface area (Å²) in [6.07, 6.45) is 0.135. The fourth-order valence-corrected chi connectivity index (χ4v) is 6.30. The zero-order valence-corrected chi connectivity index (χ0v) is 18.3. The summed E-state index contributed by atoms with van der Waals surface area (Å²) >= 11 is 0. The van der Waals surface area contributed by atoms with E-state index in [0.717, 1.165) is 0 Å². The number of rotatable bonds is 4. The second kappa shape index (κ2) is 7.46. The van der Waals surface area contributed by atoms with E-state index >= 15 is 0 Å². The third kappa shape index (κ3) is 2.83. The lowest BCUT2D eigenvalue weighted by molar-refractivity contribution is -0.188. The lowest BCUT2D eigenvalue weighted by atomic mass is 9.46. The second-order valence-electron chi connectivity index (χ2n) is 9.35. The largest absolute Gasteiger partial charge is 0.507 e. The monoisotopic (exact) mass is 458 g/mol. The maximum atomic E-state index is 13.8. The van der Waals surface area contributed by atoms with Crippen molar-refractivity contribution in [3.8, 4) is 5.75 Å². The molecule has 3 aliphatic carbocycles. The minimum Gasteiger partial charge on any atom is -0.507 e. The average Bonchev–Trinajstić information content (AvgIpc) is 2.73. The molecule has 2 fully saturated rings. The number of ether oxygens (including phenoxy) is 1. The number of nitrogens with two attached hydrogens (primary N) is 2. The van der Waals surface area contributed by atoms with Crippen molar-refractivity contribution in [2.24, 2.45) is 34.8 Å². The highest BCUT2D eigenvalue weighted by Gasteiger charge is 2.71. The fraction of sp³-hybridized carbons (Fsp3) is 0.522. The zero-order chi connectivity index (χ0) is 24.5. The summed E-state index contributed by atoms with van der Waals surface area (Å²) in [4.78, 5) is 65.6. The highest BCUT2D eigenvalue weighted by Crippen LogP contribution is 2.58. The summed E-state index contributed by atoms with van der Waals surface area (Å²) < 4.78 is 5.38. The van der Waals surface area contributed by atoms with Crippen LogP contribution >= 0.6 is 0 Å². The van der Waals surface area contributed by atoms with Crippen LogP contribution in [0.4, 0.5) is 5.69 Å². The Hall–Kier alpha value is -3.11. The predicted octanol–water partition coefficient (Wildman–Crippen LogP) is -0.438. The first-order chi connectivity index (χ1) is 15.5. The molecule has 176 valence electrons. The summed E-state index contributed by atoms with van der Waals surface area (Å²) in [7, 11) is 1.39. The van der Waals surface area contributed by atoms with Crippen LogP contribution in [0.25, 0.3) is 0 Å². The van der Waals surface area contributed by atoms with Gasteiger partial charge in [-0.3, -0.25) is 24.0 Å². The van der Waals surface area contributed by atoms with Crippen molar-refractivity contribution in [1.82, 2.24) is 0 Å². The maximum absolute atomic E-state index is 13.8. The molecule has 0 aromatic heterocycles. The van der Waals surface area contributed by atoms with Gasteiger partial charge in [0.25, 0.3) is 0 Å². The molecular formula is C23H26N2O8. The molecule has 0 aliphatic heterocycles. The van der Waals surface area contributed by atoms with Gasteiger partial charge in [-0.05, 0) is 37.0 Å². The van der Waals surface area contributed by atoms with Crippen molar-refractivity contribution >= 4 is 34.7 Å². The van der Waals surface area contributed by atoms with E-state index < -0.39 is 63.7 Å². The molecule has 10 nitrogen and oxygen atoms in total. The van der Waals surface area contributed by atoms with Crippen LogP contribution < -0.4 is 11.5 Å². The first-order valence-electron chi connectivity index (χ1n) is 10.7. The van der Waals surface area contributed by atoms with E-state index in [1.807, 2.05) is 0 Å². The van der Waals surface area contributed by atoms with E-state index in [0.29, 0.717) is 5.56 Å². The van der Waals surface area contributed by atoms with E-state index in [1.54, 1.807) is 6.92 Å². The molecule has 33 heavy (non-hydrogen) atoms. The minimum absolute atomic E-state index is 0.0587. The molecule has 0 spiro atoms. The Kier molecular flexibility index (Phi) is 5.21. The molecule has 6 N–H and O–H groups in total. The van der Waals surface area contributed by atoms with Crippen molar-refractivity contribution < 1.29 is 38.9 Å². The van der Waals surface area contributed by atoms with E-state index in [4.69, 9.17) is 16.2 Å². The van der Waals surface area contributed by atoms with Crippen LogP contribution in [0.2, 0.25) is 0 Å². The predicted molar refractivity (Wildman–Crippen MR) is 113 cm³/mol. The smallest absolute Gasteiger partial charge is 0.235 e. The van der Waals surface area contributed by atoms with Gasteiger partial charge in [0, 0.05) is 30.0 Å². The van der Waals surface area contributed by atoms with Crippen LogP contribution in [-0.4, -0.2) is 58.6 Å². The molecule has 0 radical (unpaired) electrons. The summed E-state index contributed by atoms with van der Waals surface area (Å²) in [6.45, 7) is 1.56. The average molecular weight is 458 g/mol. The minimum atomic E-state index is -2.74. The number of phenolic OH excluding ortho intramolecular Hbond substituents is 1. The Balaban J connectivity index is 1.96. The van der Waals surface area contributed by atoms with E-state index in [2.05, 4.69) is 0 Å². The fourth-order valence-electron chi connectivity index (χ4n) is 6.30. The van der Waals surface area contributed by atoms with Crippen LogP contribution in [-0.2, 0) is 30.3 Å². The number of primary amides is 1. The van der Waals surface area contributed by atoms with Crippen LogP contribution in [0, 0.1) is 29.1 Å². The second-order valence-corrected chi connectivity index (χ2v) is 9.35. The molecule has 1 amide bonds. The number of phenols is 1. The number of hydrogen-bond donors (Lipinski definition) is 4. The number of anilines is 1. The number of amides is 1. The SMILES string of the molecule is CCC1C(=O)C(C(N)=O)C(=O)C2(O)C(=O)C3C(=O)c4c(O)ccc(N)c4CC3(COC)CC12. The van der Waals surface area contributed by atoms with Crippen molar-refractivity contribution in [3.63, 3.8) is 0 Å². The van der Waals surface area contributed by atoms with Gasteiger partial charge in [-0.1, -0.05) is 6.92 Å². The molecule has 10 heteroatoms. The van der Waals surface area contributed by atoms with Gasteiger partial charge in [0.2, 0.25) is 5.91 Å². The number of methoxy groups -OCH3 is 1. The number of aromatic hydroxyl groups is 1. The van der Waals surface area contributed by atoms with Crippen molar-refractivity contribution in [1.29, 1.82) is 0 Å². The molecule has 2 saturated carbocycles. The molecule has 6 unspecified atom stereocenters. The summed E-state index contributed by atoms with van der Waals surface area (Å²) in [5.41, 5.74) is 7.89. The van der Waals surface area contributed by atoms with Crippen molar-refractivity contribution in [2.45, 2.75) is 31.8 Å². The molecular weight excluding hydrogens is 432 g/mol. The standard InChI is InChI=1S/C23H26N2O8/c1-3-9-11-7-22(8-33-2)6-10-12(24)4-5-13(26)14(10)18(28)16(22)20(30)23(11,32)19(29)15(17(9)27)21(25)31/h4-5,9,11,15-16,26,32H,3,6-8,24H2,1-2H3,(H2,25,31). The van der Waals surface area contributed by atoms with Gasteiger partial charge in [-0.15, -0.1) is 0 Å². The number of carbonyl (C=O) groups excluding carboxylic acids is 5. The Morgan fingerprint density at radius 1 is 1.21 bits per heavy atom. The number of ketones is 4. The summed E-state index contributed by atoms with van der Waals surface area (Å²) in [5, 5.41) is 21.9. The highest BCUT2D eigenvalue weighted by atomic mass is 16.5. The van der Waals surface area contributed by atoms with Gasteiger partial charge in [0.05, 0.1) is 18.1 Å². The molecule has 4 rings (SSSR count). The summed E-state index contributed by atoms with van der Waals surface area (Å²) in [6, 6.07) is 2.68. The molecule has 0 heterocycles. The lowest BCUT2D eigenvalue weighted by Gasteiger charge is -2.56. The first kappa shape index (κ1) is 23.1. The maximum Gasteiger partial charge on any atom is 0.235 e. The number of benzene rings is 1. The molecule has 0 saturated heterocycles. The van der Waals surface area contributed by atoms with Gasteiger partial charge in [-0.2, -0.15) is 0 Å². The number of nitrogen functional groups attached to an aromatic ring is 1. The number of hydrogen-bond acceptors (Lipinski definition) is 9. The Bertz CT molecular complexity index is 1110. The Morgan fingerprint density at radius 3 is 2.45 bits per heavy atom.